The maximum Gasteiger partial charge on any atom is 0.225 e. The van der Waals surface area contributed by atoms with Crippen molar-refractivity contribution in [2.45, 2.75) is 46.7 Å². The average molecular weight is 272 g/mol. The molecule has 0 fully saturated rings. The van der Waals surface area contributed by atoms with Crippen LogP contribution >= 0.6 is 11.6 Å². The molecule has 0 atom stereocenters. The fourth-order valence-electron chi connectivity index (χ4n) is 2.07. The van der Waals surface area contributed by atoms with Crippen LogP contribution in [0.3, 0.4) is 0 Å². The topological polar surface area (TPSA) is 38.1 Å². The summed E-state index contributed by atoms with van der Waals surface area (Å²) in [4.78, 5) is 13.9. The normalized spacial score (nSPS) is 11.0. The SMILES string of the molecule is CCC(CC)C(=O)N(C)Cc1c(Cl)cnn1CC. The molecule has 1 amide bonds. The summed E-state index contributed by atoms with van der Waals surface area (Å²) in [7, 11) is 1.82. The molecule has 0 saturated carbocycles. The zero-order valence-electron chi connectivity index (χ0n) is 11.6. The van der Waals surface area contributed by atoms with E-state index >= 15 is 0 Å². The van der Waals surface area contributed by atoms with Crippen molar-refractivity contribution < 1.29 is 4.79 Å². The Bertz CT molecular complexity index is 399. The standard InChI is InChI=1S/C13H22ClN3O/c1-5-10(6-2)13(18)16(4)9-12-11(14)8-15-17(12)7-3/h8,10H,5-7,9H2,1-4H3. The molecule has 4 nitrogen and oxygen atoms in total. The number of carbonyl (C=O) groups is 1. The van der Waals surface area contributed by atoms with Crippen LogP contribution in [-0.4, -0.2) is 27.6 Å². The predicted molar refractivity (Wildman–Crippen MR) is 73.5 cm³/mol. The van der Waals surface area contributed by atoms with Gasteiger partial charge in [-0.3, -0.25) is 9.48 Å². The highest BCUT2D eigenvalue weighted by Gasteiger charge is 2.20. The lowest BCUT2D eigenvalue weighted by atomic mass is 10.0. The quantitative estimate of drug-likeness (QED) is 0.798. The summed E-state index contributed by atoms with van der Waals surface area (Å²) < 4.78 is 1.83. The first-order chi connectivity index (χ1) is 8.54. The van der Waals surface area contributed by atoms with Crippen LogP contribution in [0, 0.1) is 5.92 Å². The third-order valence-corrected chi connectivity index (χ3v) is 3.61. The minimum absolute atomic E-state index is 0.103. The van der Waals surface area contributed by atoms with Gasteiger partial charge in [-0.15, -0.1) is 0 Å². The number of aromatic nitrogens is 2. The van der Waals surface area contributed by atoms with Crippen molar-refractivity contribution in [3.63, 3.8) is 0 Å². The number of hydrogen-bond acceptors (Lipinski definition) is 2. The van der Waals surface area contributed by atoms with E-state index in [1.807, 2.05) is 32.5 Å². The fourth-order valence-corrected chi connectivity index (χ4v) is 2.27. The molecule has 0 radical (unpaired) electrons. The Morgan fingerprint density at radius 2 is 2.06 bits per heavy atom. The van der Waals surface area contributed by atoms with Crippen molar-refractivity contribution in [3.8, 4) is 0 Å². The molecule has 1 heterocycles. The molecular formula is C13H22ClN3O. The Hall–Kier alpha value is -1.03. The molecule has 1 aromatic heterocycles. The van der Waals surface area contributed by atoms with E-state index in [4.69, 9.17) is 11.6 Å². The summed E-state index contributed by atoms with van der Waals surface area (Å²) >= 11 is 6.10. The van der Waals surface area contributed by atoms with E-state index in [0.29, 0.717) is 11.6 Å². The van der Waals surface area contributed by atoms with Gasteiger partial charge in [0, 0.05) is 19.5 Å². The van der Waals surface area contributed by atoms with Gasteiger partial charge in [-0.25, -0.2) is 0 Å². The maximum absolute atomic E-state index is 12.2. The molecule has 0 aliphatic carbocycles. The van der Waals surface area contributed by atoms with Gasteiger partial charge in [-0.1, -0.05) is 25.4 Å². The number of amides is 1. The zero-order valence-corrected chi connectivity index (χ0v) is 12.4. The maximum atomic E-state index is 12.2. The third kappa shape index (κ3) is 3.25. The summed E-state index contributed by atoms with van der Waals surface area (Å²) in [5, 5.41) is 4.80. The van der Waals surface area contributed by atoms with E-state index in [2.05, 4.69) is 5.10 Å². The van der Waals surface area contributed by atoms with Gasteiger partial charge in [0.25, 0.3) is 0 Å². The molecular weight excluding hydrogens is 250 g/mol. The Balaban J connectivity index is 2.77. The van der Waals surface area contributed by atoms with Crippen molar-refractivity contribution in [2.24, 2.45) is 5.92 Å². The Labute approximate surface area is 114 Å². The summed E-state index contributed by atoms with van der Waals surface area (Å²) in [6.07, 6.45) is 3.39. The highest BCUT2D eigenvalue weighted by atomic mass is 35.5. The van der Waals surface area contributed by atoms with Crippen LogP contribution in [0.4, 0.5) is 0 Å². The lowest BCUT2D eigenvalue weighted by Crippen LogP contribution is -2.32. The Kier molecular flexibility index (Phi) is 5.66. The van der Waals surface area contributed by atoms with E-state index < -0.39 is 0 Å². The van der Waals surface area contributed by atoms with Gasteiger partial charge in [-0.05, 0) is 19.8 Å². The zero-order chi connectivity index (χ0) is 13.7. The lowest BCUT2D eigenvalue weighted by Gasteiger charge is -2.22. The summed E-state index contributed by atoms with van der Waals surface area (Å²) in [6, 6.07) is 0. The molecule has 18 heavy (non-hydrogen) atoms. The van der Waals surface area contributed by atoms with Gasteiger partial charge in [0.05, 0.1) is 23.5 Å². The first-order valence-electron chi connectivity index (χ1n) is 6.50. The molecule has 5 heteroatoms. The van der Waals surface area contributed by atoms with Crippen LogP contribution in [0.5, 0.6) is 0 Å². The second-order valence-electron chi connectivity index (χ2n) is 4.46. The van der Waals surface area contributed by atoms with E-state index in [0.717, 1.165) is 25.1 Å². The van der Waals surface area contributed by atoms with E-state index in [-0.39, 0.29) is 11.8 Å². The van der Waals surface area contributed by atoms with E-state index in [1.54, 1.807) is 11.1 Å². The summed E-state index contributed by atoms with van der Waals surface area (Å²) in [5.74, 6) is 0.284. The summed E-state index contributed by atoms with van der Waals surface area (Å²) in [5.41, 5.74) is 0.904. The molecule has 0 saturated heterocycles. The third-order valence-electron chi connectivity index (χ3n) is 3.30. The molecule has 102 valence electrons. The minimum atomic E-state index is 0.103. The van der Waals surface area contributed by atoms with E-state index in [9.17, 15) is 4.79 Å². The first kappa shape index (κ1) is 15.0. The minimum Gasteiger partial charge on any atom is -0.340 e. The van der Waals surface area contributed by atoms with Crippen molar-refractivity contribution in [1.82, 2.24) is 14.7 Å². The molecule has 0 unspecified atom stereocenters. The van der Waals surface area contributed by atoms with Crippen LogP contribution < -0.4 is 0 Å². The van der Waals surface area contributed by atoms with Crippen LogP contribution in [0.15, 0.2) is 6.20 Å². The van der Waals surface area contributed by atoms with Crippen LogP contribution in [0.25, 0.3) is 0 Å². The van der Waals surface area contributed by atoms with Crippen molar-refractivity contribution in [2.75, 3.05) is 7.05 Å². The molecule has 0 aliphatic rings. The highest BCUT2D eigenvalue weighted by molar-refractivity contribution is 6.31. The van der Waals surface area contributed by atoms with Crippen LogP contribution in [0.1, 0.15) is 39.3 Å². The van der Waals surface area contributed by atoms with Gasteiger partial charge in [0.1, 0.15) is 0 Å². The van der Waals surface area contributed by atoms with Gasteiger partial charge in [-0.2, -0.15) is 5.10 Å². The molecule has 1 rings (SSSR count). The van der Waals surface area contributed by atoms with Crippen LogP contribution in [-0.2, 0) is 17.9 Å². The largest absolute Gasteiger partial charge is 0.340 e. The van der Waals surface area contributed by atoms with Gasteiger partial charge >= 0.3 is 0 Å². The molecule has 0 spiro atoms. The van der Waals surface area contributed by atoms with Gasteiger partial charge in [0.2, 0.25) is 5.91 Å². The Morgan fingerprint density at radius 3 is 2.56 bits per heavy atom. The number of hydrogen-bond donors (Lipinski definition) is 0. The summed E-state index contributed by atoms with van der Waals surface area (Å²) in [6.45, 7) is 7.37. The molecule has 1 aromatic rings. The molecule has 0 bridgehead atoms. The van der Waals surface area contributed by atoms with Crippen molar-refractivity contribution in [3.05, 3.63) is 16.9 Å². The number of halogens is 1. The predicted octanol–water partition coefficient (Wildman–Crippen LogP) is 2.95. The van der Waals surface area contributed by atoms with Gasteiger partial charge < -0.3 is 4.90 Å². The molecule has 0 N–H and O–H groups in total. The first-order valence-corrected chi connectivity index (χ1v) is 6.87. The van der Waals surface area contributed by atoms with Crippen molar-refractivity contribution in [1.29, 1.82) is 0 Å². The number of carbonyl (C=O) groups excluding carboxylic acids is 1. The van der Waals surface area contributed by atoms with E-state index in [1.165, 1.54) is 0 Å². The number of nitrogens with zero attached hydrogens (tertiary/aromatic N) is 3. The Morgan fingerprint density at radius 1 is 1.44 bits per heavy atom. The average Bonchev–Trinajstić information content (AvgIpc) is 2.71. The van der Waals surface area contributed by atoms with Crippen LogP contribution in [0.2, 0.25) is 5.02 Å². The van der Waals surface area contributed by atoms with Gasteiger partial charge in [0.15, 0.2) is 0 Å². The fraction of sp³-hybridized carbons (Fsp3) is 0.692. The molecule has 0 aliphatic heterocycles. The smallest absolute Gasteiger partial charge is 0.225 e. The second-order valence-corrected chi connectivity index (χ2v) is 4.87. The lowest BCUT2D eigenvalue weighted by molar-refractivity contribution is -0.135. The second kappa shape index (κ2) is 6.78. The monoisotopic (exact) mass is 271 g/mol. The van der Waals surface area contributed by atoms with Crippen molar-refractivity contribution >= 4 is 17.5 Å². The molecule has 0 aromatic carbocycles. The highest BCUT2D eigenvalue weighted by Crippen LogP contribution is 2.19. The number of rotatable bonds is 6. The number of aryl methyl sites for hydroxylation is 1.